The lowest BCUT2D eigenvalue weighted by Gasteiger charge is -2.27. The molecule has 0 radical (unpaired) electrons. The number of nitrogens with one attached hydrogen (secondary N) is 1. The first-order valence-electron chi connectivity index (χ1n) is 11.3. The molecule has 2 aliphatic heterocycles. The normalized spacial score (nSPS) is 14.3. The molecule has 0 saturated carbocycles. The molecule has 0 bridgehead atoms. The van der Waals surface area contributed by atoms with Crippen molar-refractivity contribution in [3.63, 3.8) is 0 Å². The van der Waals surface area contributed by atoms with E-state index in [4.69, 9.17) is 24.4 Å². The van der Waals surface area contributed by atoms with Gasteiger partial charge >= 0.3 is 8.38 Å². The molecule has 2 aliphatic rings. The third-order valence-corrected chi connectivity index (χ3v) is 5.55. The zero-order valence-corrected chi connectivity index (χ0v) is 19.5. The first kappa shape index (κ1) is 22.2. The number of hydrogen-bond acceptors (Lipinski definition) is 5. The van der Waals surface area contributed by atoms with Crippen LogP contribution in [0.5, 0.6) is 23.0 Å². The molecule has 4 aromatic rings. The topological polar surface area (TPSA) is 87.3 Å². The highest BCUT2D eigenvalue weighted by Gasteiger charge is 2.51. The average molecular weight is 467 g/mol. The molecule has 0 aromatic heterocycles. The van der Waals surface area contributed by atoms with Crippen molar-refractivity contribution in [3.05, 3.63) is 108 Å². The van der Waals surface area contributed by atoms with Crippen LogP contribution < -0.4 is 29.7 Å². The van der Waals surface area contributed by atoms with E-state index < -0.39 is 6.96 Å². The fraction of sp³-hybridized carbons (Fsp3) is 0.0741. The van der Waals surface area contributed by atoms with Crippen molar-refractivity contribution in [1.82, 2.24) is 0 Å². The number of nitrogens with two attached hydrogens (primary N) is 1. The molecule has 0 fully saturated rings. The van der Waals surface area contributed by atoms with Gasteiger partial charge < -0.3 is 29.7 Å². The molecule has 1 spiro atoms. The van der Waals surface area contributed by atoms with Crippen molar-refractivity contribution >= 4 is 24.3 Å². The van der Waals surface area contributed by atoms with Gasteiger partial charge in [-0.2, -0.15) is 0 Å². The maximum Gasteiger partial charge on any atom is 1.00 e. The van der Waals surface area contributed by atoms with Gasteiger partial charge in [-0.15, -0.1) is 0 Å². The molecule has 6 rings (SSSR count). The first-order chi connectivity index (χ1) is 17.0. The van der Waals surface area contributed by atoms with Crippen LogP contribution in [0.4, 0.5) is 11.4 Å². The Hall–Kier alpha value is -4.59. The summed E-state index contributed by atoms with van der Waals surface area (Å²) in [7, 11) is 0. The molecule has 0 unspecified atom stereocenters. The Morgan fingerprint density at radius 3 is 1.57 bits per heavy atom. The number of benzene rings is 4. The summed E-state index contributed by atoms with van der Waals surface area (Å²) in [4.78, 5) is 4.38. The highest BCUT2D eigenvalue weighted by Crippen LogP contribution is 2.44. The second-order valence-corrected chi connectivity index (χ2v) is 8.17. The predicted octanol–water partition coefficient (Wildman–Crippen LogP) is 5.84. The van der Waals surface area contributed by atoms with Crippen molar-refractivity contribution in [3.8, 4) is 23.0 Å². The second-order valence-electron chi connectivity index (χ2n) is 8.17. The number of nitrogens with zero attached hydrogens (tertiary/aromatic N) is 1. The molecule has 0 aliphatic carbocycles. The third-order valence-electron chi connectivity index (χ3n) is 5.55. The molecule has 0 amide bonds. The van der Waals surface area contributed by atoms with Gasteiger partial charge in [0.2, 0.25) is 0 Å². The van der Waals surface area contributed by atoms with Crippen molar-refractivity contribution in [2.24, 2.45) is 10.7 Å². The molecule has 4 aromatic carbocycles. The fourth-order valence-corrected chi connectivity index (χ4v) is 3.75. The van der Waals surface area contributed by atoms with E-state index in [0.29, 0.717) is 29.0 Å². The highest BCUT2D eigenvalue weighted by atomic mass is 16.9. The highest BCUT2D eigenvalue weighted by molar-refractivity contribution is 6.59. The molecule has 0 saturated heterocycles. The van der Waals surface area contributed by atoms with Gasteiger partial charge in [0, 0.05) is 5.69 Å². The van der Waals surface area contributed by atoms with Crippen LogP contribution in [-0.4, -0.2) is 12.9 Å². The fourth-order valence-electron chi connectivity index (χ4n) is 3.75. The number of anilines is 1. The lowest BCUT2D eigenvalue weighted by Crippen LogP contribution is -2.54. The van der Waals surface area contributed by atoms with E-state index in [9.17, 15) is 0 Å². The number of aryl methyl sites for hydroxylation is 2. The Morgan fingerprint density at radius 1 is 0.657 bits per heavy atom. The maximum absolute atomic E-state index is 5.91. The van der Waals surface area contributed by atoms with Crippen LogP contribution in [0.3, 0.4) is 0 Å². The zero-order valence-electron chi connectivity index (χ0n) is 20.5. The summed E-state index contributed by atoms with van der Waals surface area (Å²) in [5.74, 6) is 2.96. The van der Waals surface area contributed by atoms with Crippen LogP contribution in [0.25, 0.3) is 0 Å². The summed E-state index contributed by atoms with van der Waals surface area (Å²) in [6.45, 7) is 1.84. The van der Waals surface area contributed by atoms with E-state index in [1.807, 2.05) is 111 Å². The number of fused-ring (bicyclic) bond motifs is 2. The van der Waals surface area contributed by atoms with Crippen LogP contribution in [-0.2, 0) is 0 Å². The van der Waals surface area contributed by atoms with Gasteiger partial charge in [-0.05, 0) is 61.4 Å². The van der Waals surface area contributed by atoms with Crippen molar-refractivity contribution in [2.45, 2.75) is 13.8 Å². The van der Waals surface area contributed by atoms with Crippen molar-refractivity contribution < 1.29 is 20.0 Å². The molecular formula is C27H26BN3O4. The van der Waals surface area contributed by atoms with Gasteiger partial charge in [-0.3, -0.25) is 0 Å². The minimum Gasteiger partial charge on any atom is -0.609 e. The number of guanidine groups is 1. The predicted molar refractivity (Wildman–Crippen MR) is 140 cm³/mol. The smallest absolute Gasteiger partial charge is 0.609 e. The molecule has 35 heavy (non-hydrogen) atoms. The average Bonchev–Trinajstić information content (AvgIpc) is 3.40. The van der Waals surface area contributed by atoms with Gasteiger partial charge in [-0.1, -0.05) is 60.7 Å². The van der Waals surface area contributed by atoms with E-state index in [1.54, 1.807) is 0 Å². The lowest BCUT2D eigenvalue weighted by molar-refractivity contribution is 0.224. The monoisotopic (exact) mass is 467 g/mol. The summed E-state index contributed by atoms with van der Waals surface area (Å²) in [6, 6.07) is 30.7. The molecule has 0 atom stereocenters. The number of para-hydroxylation sites is 6. The maximum atomic E-state index is 5.91. The van der Waals surface area contributed by atoms with Crippen LogP contribution in [0, 0.1) is 13.8 Å². The molecule has 176 valence electrons. The largest absolute Gasteiger partial charge is 1.00 e. The molecule has 8 heteroatoms. The van der Waals surface area contributed by atoms with Crippen molar-refractivity contribution in [2.75, 3.05) is 5.32 Å². The van der Waals surface area contributed by atoms with Gasteiger partial charge in [0.1, 0.15) is 23.0 Å². The Kier molecular flexibility index (Phi) is 5.93. The van der Waals surface area contributed by atoms with E-state index >= 15 is 0 Å². The molecule has 7 nitrogen and oxygen atoms in total. The van der Waals surface area contributed by atoms with Crippen molar-refractivity contribution in [1.29, 1.82) is 0 Å². The Balaban J connectivity index is 0.000000164. The van der Waals surface area contributed by atoms with Crippen LogP contribution in [0.15, 0.2) is 102 Å². The van der Waals surface area contributed by atoms with E-state index in [-0.39, 0.29) is 1.43 Å². The van der Waals surface area contributed by atoms with E-state index in [0.717, 1.165) is 22.5 Å². The molecule has 2 heterocycles. The quantitative estimate of drug-likeness (QED) is 0.219. The lowest BCUT2D eigenvalue weighted by atomic mass is 10.1. The standard InChI is InChI=1S/C15H17N3.C12H8BO4/c1-11-7-3-5-9-13(11)17-15(16)18-14-10-6-4-8-12(14)2;1-2-6-10-9(5-1)14-13(15-10)16-11-7-3-4-8-12(11)17-13/h3-10H,1-2H3,(H3,16,17,18);1-8H/q;-1/p+1. The van der Waals surface area contributed by atoms with E-state index in [2.05, 4.69) is 10.3 Å². The van der Waals surface area contributed by atoms with Gasteiger partial charge in [0.15, 0.2) is 5.96 Å². The van der Waals surface area contributed by atoms with Crippen LogP contribution in [0.1, 0.15) is 12.6 Å². The zero-order chi connectivity index (χ0) is 24.3. The molecule has 3 N–H and O–H groups in total. The number of hydrogen-bond donors (Lipinski definition) is 2. The van der Waals surface area contributed by atoms with Gasteiger partial charge in [-0.25, -0.2) is 4.99 Å². The molecular weight excluding hydrogens is 441 g/mol. The SMILES string of the molecule is Cc1ccccc1N=C(N)Nc1ccccc1C.[H+].c1ccc2c(c1)O[B-]1(O2)Oc2ccccc2O1. The third kappa shape index (κ3) is 4.86. The summed E-state index contributed by atoms with van der Waals surface area (Å²) < 4.78 is 22.5. The Morgan fingerprint density at radius 2 is 1.09 bits per heavy atom. The van der Waals surface area contributed by atoms with Gasteiger partial charge in [0.05, 0.1) is 5.69 Å². The summed E-state index contributed by atoms with van der Waals surface area (Å²) in [5, 5.41) is 3.11. The number of rotatable bonds is 2. The van der Waals surface area contributed by atoms with E-state index in [1.165, 1.54) is 0 Å². The minimum atomic E-state index is -2.21. The number of aliphatic imine (C=N–C) groups is 1. The summed E-state index contributed by atoms with van der Waals surface area (Å²) in [5.41, 5.74) is 10.0. The second kappa shape index (κ2) is 9.34. The van der Waals surface area contributed by atoms with Gasteiger partial charge in [0.25, 0.3) is 0 Å². The Labute approximate surface area is 205 Å². The summed E-state index contributed by atoms with van der Waals surface area (Å²) >= 11 is 0. The first-order valence-corrected chi connectivity index (χ1v) is 11.3. The minimum absolute atomic E-state index is 0. The van der Waals surface area contributed by atoms with Crippen LogP contribution >= 0.6 is 0 Å². The van der Waals surface area contributed by atoms with Crippen LogP contribution in [0.2, 0.25) is 0 Å². The Bertz CT molecular complexity index is 1290. The summed E-state index contributed by atoms with van der Waals surface area (Å²) in [6.07, 6.45) is 0.